The molecule has 0 aromatic heterocycles. The summed E-state index contributed by atoms with van der Waals surface area (Å²) in [6, 6.07) is 4.82. The van der Waals surface area contributed by atoms with Gasteiger partial charge in [-0.25, -0.2) is 4.79 Å². The number of benzene rings is 1. The summed E-state index contributed by atoms with van der Waals surface area (Å²) >= 11 is 5.92. The SMILES string of the molecule is COC(=O)N1CCN(C(=O)c2ccc(N)c(Cl)c2)CC1. The van der Waals surface area contributed by atoms with Crippen molar-refractivity contribution in [2.75, 3.05) is 39.0 Å². The maximum Gasteiger partial charge on any atom is 0.409 e. The van der Waals surface area contributed by atoms with E-state index in [4.69, 9.17) is 17.3 Å². The molecule has 20 heavy (non-hydrogen) atoms. The van der Waals surface area contributed by atoms with E-state index in [0.717, 1.165) is 0 Å². The van der Waals surface area contributed by atoms with Crippen LogP contribution in [0.25, 0.3) is 0 Å². The number of hydrogen-bond acceptors (Lipinski definition) is 4. The van der Waals surface area contributed by atoms with Crippen LogP contribution in [0.2, 0.25) is 5.02 Å². The van der Waals surface area contributed by atoms with E-state index >= 15 is 0 Å². The Morgan fingerprint density at radius 2 is 1.80 bits per heavy atom. The Bertz CT molecular complexity index is 528. The number of rotatable bonds is 1. The lowest BCUT2D eigenvalue weighted by Crippen LogP contribution is -2.50. The topological polar surface area (TPSA) is 75.9 Å². The number of carbonyl (C=O) groups excluding carboxylic acids is 2. The van der Waals surface area contributed by atoms with Crippen molar-refractivity contribution < 1.29 is 14.3 Å². The predicted octanol–water partition coefficient (Wildman–Crippen LogP) is 1.45. The summed E-state index contributed by atoms with van der Waals surface area (Å²) in [4.78, 5) is 26.9. The van der Waals surface area contributed by atoms with Crippen molar-refractivity contribution in [3.63, 3.8) is 0 Å². The summed E-state index contributed by atoms with van der Waals surface area (Å²) in [5.74, 6) is -0.114. The van der Waals surface area contributed by atoms with Crippen molar-refractivity contribution in [1.29, 1.82) is 0 Å². The molecule has 7 heteroatoms. The van der Waals surface area contributed by atoms with Gasteiger partial charge >= 0.3 is 6.09 Å². The Kier molecular flexibility index (Phi) is 4.34. The van der Waals surface area contributed by atoms with Crippen LogP contribution in [0, 0.1) is 0 Å². The second-order valence-electron chi connectivity index (χ2n) is 4.49. The fourth-order valence-electron chi connectivity index (χ4n) is 2.06. The van der Waals surface area contributed by atoms with Crippen molar-refractivity contribution >= 4 is 29.3 Å². The van der Waals surface area contributed by atoms with E-state index in [9.17, 15) is 9.59 Å². The Morgan fingerprint density at radius 3 is 2.35 bits per heavy atom. The molecular formula is C13H16ClN3O3. The van der Waals surface area contributed by atoms with Crippen LogP contribution in [0.1, 0.15) is 10.4 Å². The summed E-state index contributed by atoms with van der Waals surface area (Å²) in [7, 11) is 1.34. The van der Waals surface area contributed by atoms with E-state index < -0.39 is 0 Å². The number of piperazine rings is 1. The number of amides is 2. The number of nitrogens with zero attached hydrogens (tertiary/aromatic N) is 2. The van der Waals surface area contributed by atoms with E-state index in [1.165, 1.54) is 7.11 Å². The molecule has 1 aliphatic rings. The molecule has 1 heterocycles. The summed E-state index contributed by atoms with van der Waals surface area (Å²) < 4.78 is 4.65. The van der Waals surface area contributed by atoms with Gasteiger partial charge in [-0.2, -0.15) is 0 Å². The van der Waals surface area contributed by atoms with Gasteiger partial charge in [-0.15, -0.1) is 0 Å². The Balaban J connectivity index is 2.01. The van der Waals surface area contributed by atoms with Gasteiger partial charge in [0, 0.05) is 31.7 Å². The number of hydrogen-bond donors (Lipinski definition) is 1. The highest BCUT2D eigenvalue weighted by molar-refractivity contribution is 6.33. The molecule has 0 saturated carbocycles. The first-order valence-corrected chi connectivity index (χ1v) is 6.58. The predicted molar refractivity (Wildman–Crippen MR) is 75.7 cm³/mol. The summed E-state index contributed by atoms with van der Waals surface area (Å²) in [5, 5.41) is 0.365. The quantitative estimate of drug-likeness (QED) is 0.796. The molecule has 108 valence electrons. The number of halogens is 1. The standard InChI is InChI=1S/C13H16ClN3O3/c1-20-13(19)17-6-4-16(5-7-17)12(18)9-2-3-11(15)10(14)8-9/h2-3,8H,4-7,15H2,1H3. The normalized spacial score (nSPS) is 15.1. The first-order chi connectivity index (χ1) is 9.52. The minimum Gasteiger partial charge on any atom is -0.453 e. The van der Waals surface area contributed by atoms with E-state index in [2.05, 4.69) is 4.74 Å². The summed E-state index contributed by atoms with van der Waals surface area (Å²) in [5.41, 5.74) is 6.56. The third-order valence-electron chi connectivity index (χ3n) is 3.25. The monoisotopic (exact) mass is 297 g/mol. The number of nitrogens with two attached hydrogens (primary N) is 1. The molecule has 1 saturated heterocycles. The van der Waals surface area contributed by atoms with Gasteiger partial charge in [-0.3, -0.25) is 4.79 Å². The van der Waals surface area contributed by atoms with Gasteiger partial charge in [0.05, 0.1) is 17.8 Å². The van der Waals surface area contributed by atoms with Crippen LogP contribution >= 0.6 is 11.6 Å². The van der Waals surface area contributed by atoms with Gasteiger partial charge in [-0.05, 0) is 18.2 Å². The maximum absolute atomic E-state index is 12.3. The third kappa shape index (κ3) is 2.96. The van der Waals surface area contributed by atoms with Crippen LogP contribution in [-0.2, 0) is 4.74 Å². The van der Waals surface area contributed by atoms with Gasteiger partial charge in [0.25, 0.3) is 5.91 Å². The van der Waals surface area contributed by atoms with E-state index in [1.807, 2.05) is 0 Å². The van der Waals surface area contributed by atoms with E-state index in [-0.39, 0.29) is 12.0 Å². The second kappa shape index (κ2) is 6.00. The molecule has 2 amide bonds. The molecule has 0 unspecified atom stereocenters. The van der Waals surface area contributed by atoms with Gasteiger partial charge in [0.15, 0.2) is 0 Å². The van der Waals surface area contributed by atoms with Crippen LogP contribution in [0.5, 0.6) is 0 Å². The molecule has 0 radical (unpaired) electrons. The molecule has 1 fully saturated rings. The molecule has 0 aliphatic carbocycles. The number of carbonyl (C=O) groups is 2. The highest BCUT2D eigenvalue weighted by atomic mass is 35.5. The first-order valence-electron chi connectivity index (χ1n) is 6.20. The Labute approximate surface area is 122 Å². The number of anilines is 1. The fourth-order valence-corrected chi connectivity index (χ4v) is 2.24. The van der Waals surface area contributed by atoms with Crippen LogP contribution < -0.4 is 5.73 Å². The van der Waals surface area contributed by atoms with Crippen LogP contribution in [0.3, 0.4) is 0 Å². The lowest BCUT2D eigenvalue weighted by Gasteiger charge is -2.33. The fraction of sp³-hybridized carbons (Fsp3) is 0.385. The molecule has 1 aromatic carbocycles. The van der Waals surface area contributed by atoms with Crippen molar-refractivity contribution in [2.24, 2.45) is 0 Å². The minimum absolute atomic E-state index is 0.114. The molecule has 1 aromatic rings. The van der Waals surface area contributed by atoms with E-state index in [1.54, 1.807) is 28.0 Å². The number of ether oxygens (including phenoxy) is 1. The van der Waals surface area contributed by atoms with Crippen molar-refractivity contribution in [2.45, 2.75) is 0 Å². The zero-order valence-corrected chi connectivity index (χ0v) is 11.9. The Hall–Kier alpha value is -1.95. The molecule has 2 N–H and O–H groups in total. The van der Waals surface area contributed by atoms with Gasteiger partial charge < -0.3 is 20.3 Å². The molecule has 0 atom stereocenters. The zero-order chi connectivity index (χ0) is 14.7. The molecular weight excluding hydrogens is 282 g/mol. The average molecular weight is 298 g/mol. The molecule has 2 rings (SSSR count). The average Bonchev–Trinajstić information content (AvgIpc) is 2.48. The molecule has 0 spiro atoms. The lowest BCUT2D eigenvalue weighted by molar-refractivity contribution is 0.0600. The van der Waals surface area contributed by atoms with Crippen LogP contribution in [0.4, 0.5) is 10.5 Å². The van der Waals surface area contributed by atoms with Crippen molar-refractivity contribution in [3.8, 4) is 0 Å². The highest BCUT2D eigenvalue weighted by Crippen LogP contribution is 2.21. The number of methoxy groups -OCH3 is 1. The zero-order valence-electron chi connectivity index (χ0n) is 11.1. The van der Waals surface area contributed by atoms with Crippen LogP contribution in [-0.4, -0.2) is 55.1 Å². The first kappa shape index (κ1) is 14.5. The van der Waals surface area contributed by atoms with Gasteiger partial charge in [-0.1, -0.05) is 11.6 Å². The smallest absolute Gasteiger partial charge is 0.409 e. The third-order valence-corrected chi connectivity index (χ3v) is 3.57. The van der Waals surface area contributed by atoms with Gasteiger partial charge in [0.2, 0.25) is 0 Å². The highest BCUT2D eigenvalue weighted by Gasteiger charge is 2.25. The van der Waals surface area contributed by atoms with Crippen molar-refractivity contribution in [1.82, 2.24) is 9.80 Å². The molecule has 0 bridgehead atoms. The summed E-state index contributed by atoms with van der Waals surface area (Å²) in [6.45, 7) is 1.86. The Morgan fingerprint density at radius 1 is 1.20 bits per heavy atom. The largest absolute Gasteiger partial charge is 0.453 e. The summed E-state index contributed by atoms with van der Waals surface area (Å²) in [6.07, 6.45) is -0.368. The molecule has 6 nitrogen and oxygen atoms in total. The second-order valence-corrected chi connectivity index (χ2v) is 4.89. The van der Waals surface area contributed by atoms with Crippen LogP contribution in [0.15, 0.2) is 18.2 Å². The van der Waals surface area contributed by atoms with Gasteiger partial charge in [0.1, 0.15) is 0 Å². The maximum atomic E-state index is 12.3. The molecule has 1 aliphatic heterocycles. The number of nitrogen functional groups attached to an aromatic ring is 1. The minimum atomic E-state index is -0.368. The van der Waals surface area contributed by atoms with Crippen molar-refractivity contribution in [3.05, 3.63) is 28.8 Å². The van der Waals surface area contributed by atoms with E-state index in [0.29, 0.717) is 42.5 Å². The lowest BCUT2D eigenvalue weighted by atomic mass is 10.1.